The Kier molecular flexibility index (Phi) is 4.65. The number of aryl methyl sites for hydroxylation is 1. The van der Waals surface area contributed by atoms with Crippen molar-refractivity contribution in [1.82, 2.24) is 5.32 Å². The Balaban J connectivity index is 2.09. The largest absolute Gasteiger partial charge is 0.409 e. The Hall–Kier alpha value is -1.56. The molecule has 0 bridgehead atoms. The van der Waals surface area contributed by atoms with Crippen LogP contribution in [0.25, 0.3) is 0 Å². The molecule has 0 saturated heterocycles. The number of amidine groups is 1. The van der Waals surface area contributed by atoms with E-state index in [9.17, 15) is 4.79 Å². The summed E-state index contributed by atoms with van der Waals surface area (Å²) in [5, 5.41) is 17.0. The molecule has 0 spiro atoms. The van der Waals surface area contributed by atoms with Crippen molar-refractivity contribution in [3.63, 3.8) is 0 Å². The SMILES string of the molecule is Cc1ccsc1CNC(=O)C1(/C(N)=N/O)CCCCC1. The van der Waals surface area contributed by atoms with Crippen molar-refractivity contribution in [3.05, 3.63) is 21.9 Å². The monoisotopic (exact) mass is 295 g/mol. The minimum absolute atomic E-state index is 0.0394. The van der Waals surface area contributed by atoms with Crippen LogP contribution in [0.2, 0.25) is 0 Å². The van der Waals surface area contributed by atoms with E-state index in [0.717, 1.165) is 24.1 Å². The summed E-state index contributed by atoms with van der Waals surface area (Å²) in [6.45, 7) is 2.53. The van der Waals surface area contributed by atoms with Crippen LogP contribution >= 0.6 is 11.3 Å². The molecule has 0 unspecified atom stereocenters. The molecule has 0 atom stereocenters. The summed E-state index contributed by atoms with van der Waals surface area (Å²) in [5.74, 6) is -0.0853. The molecule has 4 N–H and O–H groups in total. The number of rotatable bonds is 4. The fourth-order valence-electron chi connectivity index (χ4n) is 2.77. The van der Waals surface area contributed by atoms with Crippen LogP contribution in [0.15, 0.2) is 16.6 Å². The van der Waals surface area contributed by atoms with E-state index in [-0.39, 0.29) is 11.7 Å². The number of hydrogen-bond acceptors (Lipinski definition) is 4. The summed E-state index contributed by atoms with van der Waals surface area (Å²) < 4.78 is 0. The number of thiophene rings is 1. The highest BCUT2D eigenvalue weighted by Gasteiger charge is 2.43. The second-order valence-corrected chi connectivity index (χ2v) is 6.34. The minimum atomic E-state index is -0.835. The Morgan fingerprint density at radius 3 is 2.75 bits per heavy atom. The number of carbonyl (C=O) groups excluding carboxylic acids is 1. The summed E-state index contributed by atoms with van der Waals surface area (Å²) in [4.78, 5) is 13.7. The molecule has 0 aromatic carbocycles. The maximum atomic E-state index is 12.5. The average Bonchev–Trinajstić information content (AvgIpc) is 2.89. The molecule has 1 aromatic rings. The van der Waals surface area contributed by atoms with Crippen LogP contribution < -0.4 is 11.1 Å². The summed E-state index contributed by atoms with van der Waals surface area (Å²) in [6.07, 6.45) is 4.26. The van der Waals surface area contributed by atoms with Crippen LogP contribution in [0, 0.1) is 12.3 Å². The normalized spacial score (nSPS) is 18.8. The zero-order valence-electron chi connectivity index (χ0n) is 11.7. The van der Waals surface area contributed by atoms with Crippen LogP contribution in [-0.4, -0.2) is 17.0 Å². The van der Waals surface area contributed by atoms with Gasteiger partial charge in [0.1, 0.15) is 5.41 Å². The molecule has 1 amide bonds. The van der Waals surface area contributed by atoms with Crippen molar-refractivity contribution < 1.29 is 10.0 Å². The van der Waals surface area contributed by atoms with Crippen LogP contribution in [0.4, 0.5) is 0 Å². The third kappa shape index (κ3) is 2.80. The first-order chi connectivity index (χ1) is 9.60. The standard InChI is InChI=1S/C14H21N3O2S/c1-10-5-8-20-11(10)9-16-13(18)14(12(15)17-19)6-3-2-4-7-14/h5,8,19H,2-4,6-7,9H2,1H3,(H2,15,17)(H,16,18). The molecular weight excluding hydrogens is 274 g/mol. The van der Waals surface area contributed by atoms with Gasteiger partial charge in [-0.25, -0.2) is 0 Å². The van der Waals surface area contributed by atoms with Crippen LogP contribution in [0.5, 0.6) is 0 Å². The van der Waals surface area contributed by atoms with E-state index < -0.39 is 5.41 Å². The van der Waals surface area contributed by atoms with E-state index in [1.165, 1.54) is 5.56 Å². The van der Waals surface area contributed by atoms with Gasteiger partial charge in [0.15, 0.2) is 5.84 Å². The van der Waals surface area contributed by atoms with E-state index in [1.54, 1.807) is 11.3 Å². The van der Waals surface area contributed by atoms with Crippen molar-refractivity contribution in [2.75, 3.05) is 0 Å². The van der Waals surface area contributed by atoms with Crippen LogP contribution in [-0.2, 0) is 11.3 Å². The van der Waals surface area contributed by atoms with Crippen molar-refractivity contribution in [3.8, 4) is 0 Å². The van der Waals surface area contributed by atoms with E-state index in [0.29, 0.717) is 19.4 Å². The fourth-order valence-corrected chi connectivity index (χ4v) is 3.61. The van der Waals surface area contributed by atoms with E-state index in [2.05, 4.69) is 10.5 Å². The van der Waals surface area contributed by atoms with Crippen molar-refractivity contribution in [2.45, 2.75) is 45.6 Å². The van der Waals surface area contributed by atoms with E-state index >= 15 is 0 Å². The third-order valence-electron chi connectivity index (χ3n) is 4.12. The van der Waals surface area contributed by atoms with E-state index in [1.807, 2.05) is 18.4 Å². The number of hydrogen-bond donors (Lipinski definition) is 3. The summed E-state index contributed by atoms with van der Waals surface area (Å²) in [7, 11) is 0. The lowest BCUT2D eigenvalue weighted by Crippen LogP contribution is -2.50. The number of nitrogens with zero attached hydrogens (tertiary/aromatic N) is 1. The summed E-state index contributed by atoms with van der Waals surface area (Å²) in [5.41, 5.74) is 6.15. The topological polar surface area (TPSA) is 87.7 Å². The number of nitrogens with two attached hydrogens (primary N) is 1. The first-order valence-corrected chi connectivity index (χ1v) is 7.77. The van der Waals surface area contributed by atoms with Crippen molar-refractivity contribution >= 4 is 23.1 Å². The highest BCUT2D eigenvalue weighted by atomic mass is 32.1. The molecule has 1 saturated carbocycles. The lowest BCUT2D eigenvalue weighted by molar-refractivity contribution is -0.129. The van der Waals surface area contributed by atoms with Gasteiger partial charge in [0, 0.05) is 4.88 Å². The zero-order chi connectivity index (χ0) is 14.6. The average molecular weight is 295 g/mol. The first kappa shape index (κ1) is 14.8. The van der Waals surface area contributed by atoms with Crippen molar-refractivity contribution in [2.24, 2.45) is 16.3 Å². The zero-order valence-corrected chi connectivity index (χ0v) is 12.5. The smallest absolute Gasteiger partial charge is 0.234 e. The number of nitrogens with one attached hydrogen (secondary N) is 1. The Morgan fingerprint density at radius 2 is 2.20 bits per heavy atom. The molecule has 2 rings (SSSR count). The maximum Gasteiger partial charge on any atom is 0.234 e. The van der Waals surface area contributed by atoms with Gasteiger partial charge in [0.25, 0.3) is 0 Å². The van der Waals surface area contributed by atoms with Crippen molar-refractivity contribution in [1.29, 1.82) is 0 Å². The number of oxime groups is 1. The highest BCUT2D eigenvalue weighted by molar-refractivity contribution is 7.10. The molecule has 6 heteroatoms. The number of carbonyl (C=O) groups is 1. The molecule has 110 valence electrons. The second-order valence-electron chi connectivity index (χ2n) is 5.34. The van der Waals surface area contributed by atoms with Gasteiger partial charge in [0.05, 0.1) is 6.54 Å². The van der Waals surface area contributed by atoms with Gasteiger partial charge in [-0.3, -0.25) is 4.79 Å². The number of amides is 1. The molecule has 5 nitrogen and oxygen atoms in total. The molecule has 1 aliphatic carbocycles. The summed E-state index contributed by atoms with van der Waals surface area (Å²) in [6, 6.07) is 2.03. The first-order valence-electron chi connectivity index (χ1n) is 6.89. The molecular formula is C14H21N3O2S. The van der Waals surface area contributed by atoms with Gasteiger partial charge in [-0.2, -0.15) is 0 Å². The van der Waals surface area contributed by atoms with Gasteiger partial charge in [0.2, 0.25) is 5.91 Å². The Bertz CT molecular complexity index is 504. The molecule has 0 radical (unpaired) electrons. The van der Waals surface area contributed by atoms with Crippen LogP contribution in [0.3, 0.4) is 0 Å². The Morgan fingerprint density at radius 1 is 1.50 bits per heavy atom. The molecule has 1 aliphatic rings. The van der Waals surface area contributed by atoms with Gasteiger partial charge >= 0.3 is 0 Å². The predicted octanol–water partition coefficient (Wildman–Crippen LogP) is 2.37. The molecule has 20 heavy (non-hydrogen) atoms. The Labute approximate surface area is 122 Å². The second kappa shape index (κ2) is 6.26. The highest BCUT2D eigenvalue weighted by Crippen LogP contribution is 2.37. The van der Waals surface area contributed by atoms with Gasteiger partial charge in [-0.15, -0.1) is 11.3 Å². The van der Waals surface area contributed by atoms with Gasteiger partial charge < -0.3 is 16.3 Å². The molecule has 1 heterocycles. The minimum Gasteiger partial charge on any atom is -0.409 e. The van der Waals surface area contributed by atoms with Gasteiger partial charge in [-0.1, -0.05) is 24.4 Å². The molecule has 1 fully saturated rings. The lowest BCUT2D eigenvalue weighted by atomic mass is 9.72. The predicted molar refractivity (Wildman–Crippen MR) is 79.8 cm³/mol. The quantitative estimate of drug-likeness (QED) is 0.345. The maximum absolute atomic E-state index is 12.5. The molecule has 1 aromatic heterocycles. The van der Waals surface area contributed by atoms with Gasteiger partial charge in [-0.05, 0) is 36.8 Å². The third-order valence-corrected chi connectivity index (χ3v) is 5.14. The van der Waals surface area contributed by atoms with Crippen LogP contribution in [0.1, 0.15) is 42.5 Å². The summed E-state index contributed by atoms with van der Waals surface area (Å²) >= 11 is 1.63. The van der Waals surface area contributed by atoms with E-state index in [4.69, 9.17) is 10.9 Å². The molecule has 0 aliphatic heterocycles. The fraction of sp³-hybridized carbons (Fsp3) is 0.571. The lowest BCUT2D eigenvalue weighted by Gasteiger charge is -2.34.